The van der Waals surface area contributed by atoms with Gasteiger partial charge >= 0.3 is 12.1 Å². The van der Waals surface area contributed by atoms with Gasteiger partial charge < -0.3 is 9.32 Å². The van der Waals surface area contributed by atoms with Gasteiger partial charge in [0.15, 0.2) is 0 Å². The minimum atomic E-state index is -4.65. The van der Waals surface area contributed by atoms with Gasteiger partial charge in [-0.25, -0.2) is 0 Å². The molecule has 1 atom stereocenters. The normalized spacial score (nSPS) is 19.4. The van der Waals surface area contributed by atoms with Gasteiger partial charge in [-0.05, 0) is 24.3 Å². The van der Waals surface area contributed by atoms with Crippen molar-refractivity contribution in [2.45, 2.75) is 24.9 Å². The first-order valence-electron chi connectivity index (χ1n) is 6.67. The maximum atomic E-state index is 12.5. The summed E-state index contributed by atoms with van der Waals surface area (Å²) in [6.45, 7) is 0.861. The number of piperidine rings is 1. The quantitative estimate of drug-likeness (QED) is 0.848. The fraction of sp³-hybridized carbons (Fsp3) is 0.462. The average molecular weight is 331 g/mol. The van der Waals surface area contributed by atoms with Crippen molar-refractivity contribution in [1.82, 2.24) is 15.1 Å². The van der Waals surface area contributed by atoms with Crippen LogP contribution in [0.3, 0.4) is 0 Å². The molecule has 1 saturated heterocycles. The minimum absolute atomic E-state index is 0.0601. The molecule has 0 saturated carbocycles. The minimum Gasteiger partial charge on any atom is -0.417 e. The van der Waals surface area contributed by atoms with Gasteiger partial charge in [-0.2, -0.15) is 24.5 Å². The summed E-state index contributed by atoms with van der Waals surface area (Å²) in [7, 11) is 0. The van der Waals surface area contributed by atoms with Gasteiger partial charge in [-0.3, -0.25) is 4.79 Å². The molecule has 0 radical (unpaired) electrons. The Morgan fingerprint density at radius 1 is 1.41 bits per heavy atom. The van der Waals surface area contributed by atoms with Gasteiger partial charge in [-0.15, -0.1) is 10.2 Å². The maximum Gasteiger partial charge on any atom is 0.470 e. The van der Waals surface area contributed by atoms with Crippen LogP contribution in [0, 0.1) is 0 Å². The lowest BCUT2D eigenvalue weighted by molar-refractivity contribution is -0.157. The van der Waals surface area contributed by atoms with E-state index in [9.17, 15) is 18.0 Å². The number of carbonyl (C=O) groups is 1. The molecular formula is C13H12F3N3O2S. The van der Waals surface area contributed by atoms with Crippen molar-refractivity contribution >= 4 is 17.2 Å². The Balaban J connectivity index is 1.73. The number of alkyl halides is 3. The largest absolute Gasteiger partial charge is 0.470 e. The van der Waals surface area contributed by atoms with Crippen LogP contribution < -0.4 is 0 Å². The number of thiophene rings is 1. The summed E-state index contributed by atoms with van der Waals surface area (Å²) in [4.78, 5) is 13.9. The number of amides is 1. The summed E-state index contributed by atoms with van der Waals surface area (Å²) in [6, 6.07) is 1.73. The number of carbonyl (C=O) groups excluding carboxylic acids is 1. The Kier molecular flexibility index (Phi) is 3.90. The molecule has 22 heavy (non-hydrogen) atoms. The number of likely N-dealkylation sites (tertiary alicyclic amines) is 1. The van der Waals surface area contributed by atoms with Crippen molar-refractivity contribution in [2.75, 3.05) is 13.1 Å². The highest BCUT2D eigenvalue weighted by atomic mass is 32.1. The second-order valence-corrected chi connectivity index (χ2v) is 5.83. The standard InChI is InChI=1S/C13H12F3N3O2S/c14-13(15,16)12-18-17-10(21-12)8-2-1-4-19(6-8)11(20)9-3-5-22-7-9/h3,5,7-8H,1-2,4,6H2. The highest BCUT2D eigenvalue weighted by Crippen LogP contribution is 2.32. The number of hydrogen-bond donors (Lipinski definition) is 0. The molecular weight excluding hydrogens is 319 g/mol. The Morgan fingerprint density at radius 3 is 2.86 bits per heavy atom. The lowest BCUT2D eigenvalue weighted by Gasteiger charge is -2.30. The molecule has 0 aromatic carbocycles. The molecule has 2 aromatic rings. The monoisotopic (exact) mass is 331 g/mol. The Hall–Kier alpha value is -1.90. The van der Waals surface area contributed by atoms with E-state index in [2.05, 4.69) is 10.2 Å². The van der Waals surface area contributed by atoms with Crippen LogP contribution >= 0.6 is 11.3 Å². The molecule has 0 spiro atoms. The van der Waals surface area contributed by atoms with Gasteiger partial charge in [0.2, 0.25) is 5.89 Å². The Morgan fingerprint density at radius 2 is 2.23 bits per heavy atom. The zero-order chi connectivity index (χ0) is 15.7. The van der Waals surface area contributed by atoms with Gasteiger partial charge in [0, 0.05) is 18.5 Å². The summed E-state index contributed by atoms with van der Waals surface area (Å²) in [5, 5.41) is 10.1. The van der Waals surface area contributed by atoms with E-state index in [4.69, 9.17) is 4.42 Å². The average Bonchev–Trinajstić information content (AvgIpc) is 3.17. The molecule has 1 fully saturated rings. The third-order valence-electron chi connectivity index (χ3n) is 3.51. The van der Waals surface area contributed by atoms with Gasteiger partial charge in [0.25, 0.3) is 5.91 Å². The second-order valence-electron chi connectivity index (χ2n) is 5.05. The summed E-state index contributed by atoms with van der Waals surface area (Å²) in [6.07, 6.45) is -3.34. The number of halogens is 3. The van der Waals surface area contributed by atoms with Crippen molar-refractivity contribution in [2.24, 2.45) is 0 Å². The van der Waals surface area contributed by atoms with Crippen molar-refractivity contribution in [3.63, 3.8) is 0 Å². The van der Waals surface area contributed by atoms with Crippen LogP contribution in [0.5, 0.6) is 0 Å². The molecule has 1 aliphatic rings. The fourth-order valence-electron chi connectivity index (χ4n) is 2.45. The van der Waals surface area contributed by atoms with Crippen LogP contribution in [-0.2, 0) is 6.18 Å². The Labute approximate surface area is 127 Å². The summed E-state index contributed by atoms with van der Waals surface area (Å²) in [5.74, 6) is -1.89. The predicted molar refractivity (Wildman–Crippen MR) is 71.5 cm³/mol. The van der Waals surface area contributed by atoms with Crippen LogP contribution in [0.2, 0.25) is 0 Å². The first-order chi connectivity index (χ1) is 10.4. The van der Waals surface area contributed by atoms with Gasteiger partial charge in [-0.1, -0.05) is 0 Å². The molecule has 1 amide bonds. The van der Waals surface area contributed by atoms with E-state index >= 15 is 0 Å². The topological polar surface area (TPSA) is 59.2 Å². The highest BCUT2D eigenvalue weighted by Gasteiger charge is 2.39. The van der Waals surface area contributed by atoms with Gasteiger partial charge in [0.05, 0.1) is 11.5 Å². The number of aromatic nitrogens is 2. The summed E-state index contributed by atoms with van der Waals surface area (Å²) >= 11 is 1.42. The lowest BCUT2D eigenvalue weighted by atomic mass is 9.97. The third kappa shape index (κ3) is 2.99. The number of hydrogen-bond acceptors (Lipinski definition) is 5. The van der Waals surface area contributed by atoms with Gasteiger partial charge in [0.1, 0.15) is 0 Å². The number of nitrogens with zero attached hydrogens (tertiary/aromatic N) is 3. The van der Waals surface area contributed by atoms with Crippen molar-refractivity contribution in [3.8, 4) is 0 Å². The van der Waals surface area contributed by atoms with E-state index < -0.39 is 12.1 Å². The van der Waals surface area contributed by atoms with E-state index in [-0.39, 0.29) is 24.3 Å². The first kappa shape index (κ1) is 15.0. The van der Waals surface area contributed by atoms with E-state index in [0.29, 0.717) is 24.9 Å². The summed E-state index contributed by atoms with van der Waals surface area (Å²) in [5.41, 5.74) is 0.590. The van der Waals surface area contributed by atoms with Crippen LogP contribution in [0.1, 0.15) is 40.9 Å². The molecule has 5 nitrogen and oxygen atoms in total. The van der Waals surface area contributed by atoms with Crippen molar-refractivity contribution < 1.29 is 22.4 Å². The van der Waals surface area contributed by atoms with E-state index in [1.165, 1.54) is 11.3 Å². The molecule has 1 unspecified atom stereocenters. The molecule has 0 N–H and O–H groups in total. The zero-order valence-electron chi connectivity index (χ0n) is 11.3. The van der Waals surface area contributed by atoms with Crippen LogP contribution in [0.25, 0.3) is 0 Å². The second kappa shape index (κ2) is 5.71. The van der Waals surface area contributed by atoms with E-state index in [1.54, 1.807) is 16.3 Å². The fourth-order valence-corrected chi connectivity index (χ4v) is 3.08. The molecule has 2 aromatic heterocycles. The van der Waals surface area contributed by atoms with E-state index in [1.807, 2.05) is 5.38 Å². The maximum absolute atomic E-state index is 12.5. The van der Waals surface area contributed by atoms with Crippen molar-refractivity contribution in [1.29, 1.82) is 0 Å². The molecule has 3 rings (SSSR count). The van der Waals surface area contributed by atoms with Crippen LogP contribution in [-0.4, -0.2) is 34.1 Å². The molecule has 1 aliphatic heterocycles. The zero-order valence-corrected chi connectivity index (χ0v) is 12.2. The highest BCUT2D eigenvalue weighted by molar-refractivity contribution is 7.08. The number of rotatable bonds is 2. The van der Waals surface area contributed by atoms with Crippen LogP contribution in [0.4, 0.5) is 13.2 Å². The smallest absolute Gasteiger partial charge is 0.417 e. The SMILES string of the molecule is O=C(c1ccsc1)N1CCCC(c2nnc(C(F)(F)F)o2)C1. The third-order valence-corrected chi connectivity index (χ3v) is 4.19. The molecule has 9 heteroatoms. The predicted octanol–water partition coefficient (Wildman–Crippen LogP) is 3.17. The molecule has 0 bridgehead atoms. The molecule has 0 aliphatic carbocycles. The lowest BCUT2D eigenvalue weighted by Crippen LogP contribution is -2.39. The van der Waals surface area contributed by atoms with Crippen LogP contribution in [0.15, 0.2) is 21.2 Å². The molecule has 3 heterocycles. The Bertz CT molecular complexity index is 654. The van der Waals surface area contributed by atoms with Crippen molar-refractivity contribution in [3.05, 3.63) is 34.2 Å². The van der Waals surface area contributed by atoms with E-state index in [0.717, 1.165) is 0 Å². The summed E-state index contributed by atoms with van der Waals surface area (Å²) < 4.78 is 42.2. The molecule has 118 valence electrons. The first-order valence-corrected chi connectivity index (χ1v) is 7.61.